The molecule has 0 N–H and O–H groups in total. The molecule has 0 unspecified atom stereocenters. The standard InChI is InChI=1S/C20H24N6O4S2/c1-13-14(2)26(12-21-13)18-11-17(22-15(3)23-18)24-6-8-25(9-7-24)32(28,29)16-5-10-31-19(16)20(27)30-4/h5,10-12H,6-9H2,1-4H3. The van der Waals surface area contributed by atoms with Crippen molar-refractivity contribution in [3.8, 4) is 5.82 Å². The Morgan fingerprint density at radius 2 is 1.78 bits per heavy atom. The van der Waals surface area contributed by atoms with Gasteiger partial charge in [0, 0.05) is 37.9 Å². The van der Waals surface area contributed by atoms with E-state index in [1.807, 2.05) is 36.3 Å². The van der Waals surface area contributed by atoms with Crippen LogP contribution in [0.3, 0.4) is 0 Å². The number of aryl methyl sites for hydroxylation is 2. The van der Waals surface area contributed by atoms with Crippen molar-refractivity contribution in [3.05, 3.63) is 45.9 Å². The van der Waals surface area contributed by atoms with Crippen molar-refractivity contribution in [2.24, 2.45) is 0 Å². The van der Waals surface area contributed by atoms with E-state index in [0.29, 0.717) is 18.9 Å². The lowest BCUT2D eigenvalue weighted by molar-refractivity contribution is 0.0602. The molecule has 0 bridgehead atoms. The third-order valence-electron chi connectivity index (χ3n) is 5.49. The lowest BCUT2D eigenvalue weighted by Crippen LogP contribution is -2.49. The van der Waals surface area contributed by atoms with Crippen molar-refractivity contribution in [3.63, 3.8) is 0 Å². The fraction of sp³-hybridized carbons (Fsp3) is 0.400. The van der Waals surface area contributed by atoms with E-state index in [1.54, 1.807) is 11.7 Å². The van der Waals surface area contributed by atoms with Gasteiger partial charge in [-0.05, 0) is 32.2 Å². The van der Waals surface area contributed by atoms with E-state index in [2.05, 4.69) is 15.0 Å². The van der Waals surface area contributed by atoms with Crippen LogP contribution in [0.1, 0.15) is 26.9 Å². The summed E-state index contributed by atoms with van der Waals surface area (Å²) in [4.78, 5) is 27.5. The number of hydrogen-bond acceptors (Lipinski definition) is 9. The molecule has 0 atom stereocenters. The summed E-state index contributed by atoms with van der Waals surface area (Å²) in [5, 5.41) is 1.58. The molecule has 0 radical (unpaired) electrons. The fourth-order valence-electron chi connectivity index (χ4n) is 3.59. The predicted molar refractivity (Wildman–Crippen MR) is 120 cm³/mol. The first-order chi connectivity index (χ1) is 15.2. The Balaban J connectivity index is 1.54. The third kappa shape index (κ3) is 4.00. The number of esters is 1. The van der Waals surface area contributed by atoms with Gasteiger partial charge in [0.05, 0.1) is 12.8 Å². The normalized spacial score (nSPS) is 15.2. The largest absolute Gasteiger partial charge is 0.465 e. The summed E-state index contributed by atoms with van der Waals surface area (Å²) in [5.41, 5.74) is 1.93. The number of hydrogen-bond donors (Lipinski definition) is 0. The molecule has 0 amide bonds. The van der Waals surface area contributed by atoms with Gasteiger partial charge in [0.2, 0.25) is 10.0 Å². The zero-order valence-electron chi connectivity index (χ0n) is 18.3. The molecule has 4 rings (SSSR count). The van der Waals surface area contributed by atoms with Crippen molar-refractivity contribution in [1.82, 2.24) is 23.8 Å². The molecule has 0 aromatic carbocycles. The van der Waals surface area contributed by atoms with Crippen molar-refractivity contribution < 1.29 is 17.9 Å². The maximum atomic E-state index is 13.1. The van der Waals surface area contributed by atoms with Gasteiger partial charge in [-0.2, -0.15) is 4.31 Å². The highest BCUT2D eigenvalue weighted by molar-refractivity contribution is 7.89. The van der Waals surface area contributed by atoms with Crippen LogP contribution in [0.5, 0.6) is 0 Å². The smallest absolute Gasteiger partial charge is 0.349 e. The highest BCUT2D eigenvalue weighted by Crippen LogP contribution is 2.27. The van der Waals surface area contributed by atoms with Crippen molar-refractivity contribution in [2.75, 3.05) is 38.2 Å². The predicted octanol–water partition coefficient (Wildman–Crippen LogP) is 1.95. The first-order valence-electron chi connectivity index (χ1n) is 10.00. The quantitative estimate of drug-likeness (QED) is 0.514. The number of nitrogens with zero attached hydrogens (tertiary/aromatic N) is 6. The SMILES string of the molecule is COC(=O)c1sccc1S(=O)(=O)N1CCN(c2cc(-n3cnc(C)c3C)nc(C)n2)CC1. The van der Waals surface area contributed by atoms with Gasteiger partial charge in [0.15, 0.2) is 0 Å². The van der Waals surface area contributed by atoms with Crippen LogP contribution in [0.25, 0.3) is 5.82 Å². The topological polar surface area (TPSA) is 111 Å². The van der Waals surface area contributed by atoms with E-state index in [0.717, 1.165) is 34.4 Å². The number of ether oxygens (including phenoxy) is 1. The molecule has 1 aliphatic heterocycles. The van der Waals surface area contributed by atoms with Gasteiger partial charge in [-0.1, -0.05) is 0 Å². The van der Waals surface area contributed by atoms with Crippen LogP contribution in [0, 0.1) is 20.8 Å². The molecular weight excluding hydrogens is 452 g/mol. The van der Waals surface area contributed by atoms with Gasteiger partial charge in [0.25, 0.3) is 0 Å². The Labute approximate surface area is 190 Å². The number of carbonyl (C=O) groups is 1. The maximum Gasteiger partial charge on any atom is 0.349 e. The number of imidazole rings is 1. The number of carbonyl (C=O) groups excluding carboxylic acids is 1. The van der Waals surface area contributed by atoms with Crippen LogP contribution in [-0.2, 0) is 14.8 Å². The second-order valence-corrected chi connectivity index (χ2v) is 10.2. The molecule has 3 aromatic rings. The average Bonchev–Trinajstić information content (AvgIpc) is 3.41. The minimum Gasteiger partial charge on any atom is -0.465 e. The summed E-state index contributed by atoms with van der Waals surface area (Å²) in [7, 11) is -2.56. The Hall–Kier alpha value is -2.83. The van der Waals surface area contributed by atoms with Crippen LogP contribution in [0.2, 0.25) is 0 Å². The van der Waals surface area contributed by atoms with Crippen LogP contribution in [0.15, 0.2) is 28.7 Å². The van der Waals surface area contributed by atoms with Crippen LogP contribution >= 0.6 is 11.3 Å². The number of anilines is 1. The van der Waals surface area contributed by atoms with E-state index in [1.165, 1.54) is 17.5 Å². The Morgan fingerprint density at radius 3 is 2.41 bits per heavy atom. The van der Waals surface area contributed by atoms with E-state index >= 15 is 0 Å². The fourth-order valence-corrected chi connectivity index (χ4v) is 6.32. The monoisotopic (exact) mass is 476 g/mol. The summed E-state index contributed by atoms with van der Waals surface area (Å²) in [5.74, 6) is 1.44. The lowest BCUT2D eigenvalue weighted by Gasteiger charge is -2.34. The molecule has 0 spiro atoms. The first-order valence-corrected chi connectivity index (χ1v) is 12.3. The molecule has 10 nitrogen and oxygen atoms in total. The number of sulfonamides is 1. The molecule has 4 heterocycles. The van der Waals surface area contributed by atoms with Crippen molar-refractivity contribution in [2.45, 2.75) is 25.7 Å². The van der Waals surface area contributed by atoms with E-state index < -0.39 is 16.0 Å². The third-order valence-corrected chi connectivity index (χ3v) is 8.45. The Bertz CT molecular complexity index is 1260. The molecule has 1 aliphatic rings. The van der Waals surface area contributed by atoms with E-state index in [4.69, 9.17) is 4.74 Å². The average molecular weight is 477 g/mol. The van der Waals surface area contributed by atoms with E-state index in [9.17, 15) is 13.2 Å². The zero-order chi connectivity index (χ0) is 23.0. The maximum absolute atomic E-state index is 13.1. The minimum absolute atomic E-state index is 0.00563. The number of thiophene rings is 1. The molecule has 1 saturated heterocycles. The highest BCUT2D eigenvalue weighted by atomic mass is 32.2. The van der Waals surface area contributed by atoms with Gasteiger partial charge < -0.3 is 9.64 Å². The summed E-state index contributed by atoms with van der Waals surface area (Å²) in [6.07, 6.45) is 1.74. The molecule has 1 fully saturated rings. The molecule has 32 heavy (non-hydrogen) atoms. The summed E-state index contributed by atoms with van der Waals surface area (Å²) < 4.78 is 34.3. The summed E-state index contributed by atoms with van der Waals surface area (Å²) in [6, 6.07) is 3.34. The van der Waals surface area contributed by atoms with Crippen LogP contribution in [0.4, 0.5) is 5.82 Å². The molecular formula is C20H24N6O4S2. The van der Waals surface area contributed by atoms with Gasteiger partial charge in [0.1, 0.15) is 33.6 Å². The lowest BCUT2D eigenvalue weighted by atomic mass is 10.3. The second kappa shape index (κ2) is 8.60. The van der Waals surface area contributed by atoms with Crippen molar-refractivity contribution >= 4 is 33.1 Å². The minimum atomic E-state index is -3.80. The summed E-state index contributed by atoms with van der Waals surface area (Å²) >= 11 is 1.06. The summed E-state index contributed by atoms with van der Waals surface area (Å²) in [6.45, 7) is 7.25. The van der Waals surface area contributed by atoms with E-state index in [-0.39, 0.29) is 22.9 Å². The molecule has 12 heteroatoms. The van der Waals surface area contributed by atoms with Crippen LogP contribution < -0.4 is 4.90 Å². The number of aromatic nitrogens is 4. The highest BCUT2D eigenvalue weighted by Gasteiger charge is 2.33. The van der Waals surface area contributed by atoms with Gasteiger partial charge >= 0.3 is 5.97 Å². The number of rotatable bonds is 5. The second-order valence-electron chi connectivity index (χ2n) is 7.41. The van der Waals surface area contributed by atoms with Gasteiger partial charge in [-0.25, -0.2) is 28.2 Å². The van der Waals surface area contributed by atoms with Crippen molar-refractivity contribution in [1.29, 1.82) is 0 Å². The molecule has 3 aromatic heterocycles. The zero-order valence-corrected chi connectivity index (χ0v) is 19.9. The number of methoxy groups -OCH3 is 1. The molecule has 0 saturated carbocycles. The molecule has 170 valence electrons. The van der Waals surface area contributed by atoms with Crippen LogP contribution in [-0.4, -0.2) is 71.5 Å². The Morgan fingerprint density at radius 1 is 1.09 bits per heavy atom. The van der Waals surface area contributed by atoms with Gasteiger partial charge in [-0.3, -0.25) is 4.57 Å². The number of piperazine rings is 1. The Kier molecular flexibility index (Phi) is 6.01. The first kappa shape index (κ1) is 22.4. The molecule has 0 aliphatic carbocycles. The van der Waals surface area contributed by atoms with Gasteiger partial charge in [-0.15, -0.1) is 11.3 Å².